The summed E-state index contributed by atoms with van der Waals surface area (Å²) in [7, 11) is 0. The summed E-state index contributed by atoms with van der Waals surface area (Å²) < 4.78 is 1.10. The van der Waals surface area contributed by atoms with Gasteiger partial charge in [0.25, 0.3) is 0 Å². The topological polar surface area (TPSA) is 133 Å². The zero-order chi connectivity index (χ0) is 27.9. The molecule has 208 valence electrons. The van der Waals surface area contributed by atoms with Gasteiger partial charge in [-0.1, -0.05) is 42.5 Å². The van der Waals surface area contributed by atoms with Gasteiger partial charge >= 0.3 is 5.97 Å². The van der Waals surface area contributed by atoms with Crippen molar-refractivity contribution < 1.29 is 24.3 Å². The molecule has 2 aromatic rings. The number of carboxylic acids is 1. The monoisotopic (exact) mass is 646 g/mol. The minimum Gasteiger partial charge on any atom is -0.481 e. The molecule has 2 fully saturated rings. The number of amides is 3. The van der Waals surface area contributed by atoms with E-state index >= 15 is 0 Å². The van der Waals surface area contributed by atoms with E-state index in [4.69, 9.17) is 5.73 Å². The van der Waals surface area contributed by atoms with Crippen LogP contribution in [0, 0.1) is 3.57 Å². The largest absolute Gasteiger partial charge is 0.481 e. The van der Waals surface area contributed by atoms with Gasteiger partial charge in [0.1, 0.15) is 12.1 Å². The van der Waals surface area contributed by atoms with Crippen molar-refractivity contribution in [2.24, 2.45) is 5.73 Å². The number of halogens is 1. The van der Waals surface area contributed by atoms with Gasteiger partial charge in [-0.25, -0.2) is 0 Å². The Balaban J connectivity index is 1.40. The molecule has 4 atom stereocenters. The summed E-state index contributed by atoms with van der Waals surface area (Å²) in [5, 5.41) is 12.3. The van der Waals surface area contributed by atoms with Crippen molar-refractivity contribution >= 4 is 46.3 Å². The number of likely N-dealkylation sites (tertiary alicyclic amines) is 2. The summed E-state index contributed by atoms with van der Waals surface area (Å²) in [6.07, 6.45) is 2.93. The number of nitrogens with one attached hydrogen (secondary N) is 1. The van der Waals surface area contributed by atoms with Crippen molar-refractivity contribution in [2.45, 2.75) is 69.1 Å². The van der Waals surface area contributed by atoms with Crippen molar-refractivity contribution in [2.75, 3.05) is 13.1 Å². The average Bonchev–Trinajstić information content (AvgIpc) is 3.60. The maximum atomic E-state index is 13.7. The van der Waals surface area contributed by atoms with Crippen molar-refractivity contribution in [3.8, 4) is 0 Å². The minimum absolute atomic E-state index is 0.218. The molecule has 9 nitrogen and oxygen atoms in total. The van der Waals surface area contributed by atoms with E-state index in [1.165, 1.54) is 0 Å². The lowest BCUT2D eigenvalue weighted by Gasteiger charge is -2.32. The summed E-state index contributed by atoms with van der Waals surface area (Å²) in [4.78, 5) is 54.9. The predicted molar refractivity (Wildman–Crippen MR) is 155 cm³/mol. The lowest BCUT2D eigenvalue weighted by atomic mass is 10.0. The Bertz CT molecular complexity index is 1180. The van der Waals surface area contributed by atoms with E-state index in [-0.39, 0.29) is 24.1 Å². The van der Waals surface area contributed by atoms with Crippen LogP contribution in [0.1, 0.15) is 43.2 Å². The number of carbonyl (C=O) groups is 4. The highest BCUT2D eigenvalue weighted by atomic mass is 127. The van der Waals surface area contributed by atoms with E-state index in [0.717, 1.165) is 14.7 Å². The second-order valence-electron chi connectivity index (χ2n) is 10.3. The zero-order valence-corrected chi connectivity index (χ0v) is 24.0. The van der Waals surface area contributed by atoms with Crippen LogP contribution in [0.3, 0.4) is 0 Å². The molecule has 2 aromatic carbocycles. The second kappa shape index (κ2) is 13.4. The van der Waals surface area contributed by atoms with Crippen LogP contribution in [0.25, 0.3) is 0 Å². The van der Waals surface area contributed by atoms with Gasteiger partial charge in [0.05, 0.1) is 12.5 Å². The molecule has 0 bridgehead atoms. The smallest absolute Gasteiger partial charge is 0.305 e. The van der Waals surface area contributed by atoms with Crippen LogP contribution in [-0.4, -0.2) is 75.9 Å². The first-order valence-corrected chi connectivity index (χ1v) is 14.5. The van der Waals surface area contributed by atoms with Crippen LogP contribution < -0.4 is 11.1 Å². The molecular weight excluding hydrogens is 611 g/mol. The van der Waals surface area contributed by atoms with E-state index < -0.39 is 30.1 Å². The third-order valence-corrected chi connectivity index (χ3v) is 8.16. The number of nitrogens with two attached hydrogens (primary N) is 1. The van der Waals surface area contributed by atoms with Crippen molar-refractivity contribution in [3.63, 3.8) is 0 Å². The Hall–Kier alpha value is -2.99. The summed E-state index contributed by atoms with van der Waals surface area (Å²) in [5.74, 6) is -1.85. The molecule has 4 unspecified atom stereocenters. The Labute approximate surface area is 242 Å². The Morgan fingerprint density at radius 1 is 0.897 bits per heavy atom. The summed E-state index contributed by atoms with van der Waals surface area (Å²) in [6.45, 7) is 0.879. The number of aliphatic carboxylic acids is 1. The molecular formula is C29H35IN4O5. The molecule has 4 N–H and O–H groups in total. The predicted octanol–water partition coefficient (Wildman–Crippen LogP) is 2.35. The number of benzene rings is 2. The molecule has 2 heterocycles. The minimum atomic E-state index is -1.00. The molecule has 3 amide bonds. The fourth-order valence-electron chi connectivity index (χ4n) is 5.54. The van der Waals surface area contributed by atoms with Gasteiger partial charge in [-0.05, 0) is 84.4 Å². The molecule has 2 aliphatic heterocycles. The summed E-state index contributed by atoms with van der Waals surface area (Å²) in [5.41, 5.74) is 8.17. The lowest BCUT2D eigenvalue weighted by Crippen LogP contribution is -2.56. The number of hydrogen-bond acceptors (Lipinski definition) is 5. The first-order valence-electron chi connectivity index (χ1n) is 13.4. The number of rotatable bonds is 10. The first kappa shape index (κ1) is 29.0. The lowest BCUT2D eigenvalue weighted by molar-refractivity contribution is -0.147. The molecule has 0 radical (unpaired) electrons. The van der Waals surface area contributed by atoms with Gasteiger partial charge in [0, 0.05) is 22.7 Å². The van der Waals surface area contributed by atoms with E-state index in [9.17, 15) is 24.3 Å². The number of nitrogens with zero attached hydrogens (tertiary/aromatic N) is 2. The standard InChI is InChI=1S/C29H35IN4O5/c30-21-12-10-20(11-13-21)17-23(31)28(38)34-15-5-9-25(34)29(39)33-14-4-8-24(33)27(37)32-22(18-26(35)36)16-19-6-2-1-3-7-19/h1-3,6-7,10-13,22-25H,4-5,8-9,14-18,31H2,(H,32,37)(H,35,36). The number of hydrogen-bond donors (Lipinski definition) is 3. The van der Waals surface area contributed by atoms with Gasteiger partial charge in [-0.3, -0.25) is 19.2 Å². The van der Waals surface area contributed by atoms with Gasteiger partial charge in [-0.2, -0.15) is 0 Å². The maximum Gasteiger partial charge on any atom is 0.305 e. The summed E-state index contributed by atoms with van der Waals surface area (Å²) in [6, 6.07) is 14.5. The van der Waals surface area contributed by atoms with Crippen molar-refractivity contribution in [3.05, 3.63) is 69.3 Å². The molecule has 2 aliphatic rings. The Morgan fingerprint density at radius 2 is 1.51 bits per heavy atom. The quantitative estimate of drug-likeness (QED) is 0.340. The Kier molecular flexibility index (Phi) is 9.95. The van der Waals surface area contributed by atoms with Crippen LogP contribution in [0.15, 0.2) is 54.6 Å². The molecule has 0 aromatic heterocycles. The maximum absolute atomic E-state index is 13.7. The van der Waals surface area contributed by atoms with Crippen molar-refractivity contribution in [1.29, 1.82) is 0 Å². The number of carbonyl (C=O) groups excluding carboxylic acids is 3. The molecule has 39 heavy (non-hydrogen) atoms. The highest BCUT2D eigenvalue weighted by molar-refractivity contribution is 14.1. The van der Waals surface area contributed by atoms with Gasteiger partial charge in [0.15, 0.2) is 0 Å². The molecule has 4 rings (SSSR count). The third kappa shape index (κ3) is 7.57. The average molecular weight is 647 g/mol. The van der Waals surface area contributed by atoms with E-state index in [0.29, 0.717) is 51.6 Å². The van der Waals surface area contributed by atoms with Crippen LogP contribution in [0.4, 0.5) is 0 Å². The fourth-order valence-corrected chi connectivity index (χ4v) is 5.90. The van der Waals surface area contributed by atoms with Crippen LogP contribution >= 0.6 is 22.6 Å². The molecule has 0 aliphatic carbocycles. The first-order chi connectivity index (χ1) is 18.7. The highest BCUT2D eigenvalue weighted by Gasteiger charge is 2.43. The molecule has 2 saturated heterocycles. The van der Waals surface area contributed by atoms with Crippen LogP contribution in [-0.2, 0) is 32.0 Å². The second-order valence-corrected chi connectivity index (χ2v) is 11.6. The van der Waals surface area contributed by atoms with Crippen LogP contribution in [0.2, 0.25) is 0 Å². The SMILES string of the molecule is NC(Cc1ccc(I)cc1)C(=O)N1CCCC1C(=O)N1CCCC1C(=O)NC(CC(=O)O)Cc1ccccc1. The fraction of sp³-hybridized carbons (Fsp3) is 0.448. The van der Waals surface area contributed by atoms with Gasteiger partial charge in [-0.15, -0.1) is 0 Å². The zero-order valence-electron chi connectivity index (χ0n) is 21.8. The van der Waals surface area contributed by atoms with Crippen LogP contribution in [0.5, 0.6) is 0 Å². The molecule has 0 saturated carbocycles. The normalized spacial score (nSPS) is 20.5. The number of carboxylic acid groups (broad SMARTS) is 1. The third-order valence-electron chi connectivity index (χ3n) is 7.44. The van der Waals surface area contributed by atoms with Gasteiger partial charge < -0.3 is 26.0 Å². The van der Waals surface area contributed by atoms with E-state index in [1.807, 2.05) is 54.6 Å². The van der Waals surface area contributed by atoms with E-state index in [2.05, 4.69) is 27.9 Å². The molecule has 10 heteroatoms. The van der Waals surface area contributed by atoms with Gasteiger partial charge in [0.2, 0.25) is 17.7 Å². The molecule has 0 spiro atoms. The summed E-state index contributed by atoms with van der Waals surface area (Å²) >= 11 is 2.22. The van der Waals surface area contributed by atoms with Crippen molar-refractivity contribution in [1.82, 2.24) is 15.1 Å². The Morgan fingerprint density at radius 3 is 2.18 bits per heavy atom. The van der Waals surface area contributed by atoms with E-state index in [1.54, 1.807) is 9.80 Å². The highest BCUT2D eigenvalue weighted by Crippen LogP contribution is 2.26.